The second-order valence-electron chi connectivity index (χ2n) is 5.42. The van der Waals surface area contributed by atoms with Gasteiger partial charge in [0.25, 0.3) is 0 Å². The van der Waals surface area contributed by atoms with Gasteiger partial charge in [-0.2, -0.15) is 5.26 Å². The zero-order valence-electron chi connectivity index (χ0n) is 12.2. The molecule has 0 bridgehead atoms. The molecule has 0 N–H and O–H groups in total. The van der Waals surface area contributed by atoms with E-state index in [1.807, 2.05) is 35.2 Å². The van der Waals surface area contributed by atoms with E-state index in [4.69, 9.17) is 5.26 Å². The first-order valence-corrected chi connectivity index (χ1v) is 7.95. The third-order valence-corrected chi connectivity index (χ3v) is 4.86. The highest BCUT2D eigenvalue weighted by Gasteiger charge is 2.23. The van der Waals surface area contributed by atoms with Gasteiger partial charge in [0.15, 0.2) is 0 Å². The second kappa shape index (κ2) is 7.42. The summed E-state index contributed by atoms with van der Waals surface area (Å²) >= 11 is 3.54. The van der Waals surface area contributed by atoms with Crippen molar-refractivity contribution in [2.45, 2.75) is 32.1 Å². The third-order valence-electron chi connectivity index (χ3n) is 3.93. The monoisotopic (exact) mass is 346 g/mol. The second-order valence-corrected chi connectivity index (χ2v) is 6.38. The van der Waals surface area contributed by atoms with E-state index in [1.54, 1.807) is 0 Å². The van der Waals surface area contributed by atoms with Crippen molar-refractivity contribution in [1.29, 1.82) is 5.26 Å². The number of nitrogens with zero attached hydrogens (tertiary/aromatic N) is 2. The van der Waals surface area contributed by atoms with Crippen LogP contribution in [0.4, 0.5) is 0 Å². The lowest BCUT2D eigenvalue weighted by atomic mass is 9.92. The van der Waals surface area contributed by atoms with Crippen LogP contribution < -0.4 is 0 Å². The summed E-state index contributed by atoms with van der Waals surface area (Å²) in [4.78, 5) is 14.4. The minimum absolute atomic E-state index is 0.0190. The van der Waals surface area contributed by atoms with Gasteiger partial charge in [-0.15, -0.1) is 0 Å². The van der Waals surface area contributed by atoms with Crippen LogP contribution in [0.25, 0.3) is 0 Å². The molecule has 1 atom stereocenters. The van der Waals surface area contributed by atoms with Crippen LogP contribution in [0, 0.1) is 11.3 Å². The number of halogens is 1. The molecule has 1 aromatic rings. The summed E-state index contributed by atoms with van der Waals surface area (Å²) in [5.74, 6) is 0.109. The van der Waals surface area contributed by atoms with E-state index in [2.05, 4.69) is 28.9 Å². The Morgan fingerprint density at radius 3 is 2.76 bits per heavy atom. The van der Waals surface area contributed by atoms with E-state index in [-0.39, 0.29) is 11.8 Å². The first-order chi connectivity index (χ1) is 10.1. The molecular formula is C17H19BrN2O. The Balaban J connectivity index is 2.05. The lowest BCUT2D eigenvalue weighted by Crippen LogP contribution is -2.36. The quantitative estimate of drug-likeness (QED) is 0.827. The highest BCUT2D eigenvalue weighted by atomic mass is 79.9. The van der Waals surface area contributed by atoms with E-state index in [9.17, 15) is 4.79 Å². The van der Waals surface area contributed by atoms with Crippen molar-refractivity contribution < 1.29 is 4.79 Å². The molecule has 21 heavy (non-hydrogen) atoms. The van der Waals surface area contributed by atoms with Crippen LogP contribution in [0.15, 0.2) is 40.4 Å². The Morgan fingerprint density at radius 1 is 1.43 bits per heavy atom. The van der Waals surface area contributed by atoms with Gasteiger partial charge in [0.2, 0.25) is 5.91 Å². The maximum atomic E-state index is 12.5. The number of carbonyl (C=O) groups excluding carboxylic acids is 1. The van der Waals surface area contributed by atoms with Gasteiger partial charge in [0, 0.05) is 29.8 Å². The molecule has 0 unspecified atom stereocenters. The van der Waals surface area contributed by atoms with E-state index < -0.39 is 0 Å². The highest BCUT2D eigenvalue weighted by molar-refractivity contribution is 9.11. The number of benzene rings is 1. The van der Waals surface area contributed by atoms with Crippen LogP contribution in [-0.2, 0) is 4.79 Å². The van der Waals surface area contributed by atoms with Crippen molar-refractivity contribution in [2.75, 3.05) is 13.1 Å². The molecule has 0 aromatic heterocycles. The predicted molar refractivity (Wildman–Crippen MR) is 86.9 cm³/mol. The first-order valence-electron chi connectivity index (χ1n) is 7.15. The zero-order valence-corrected chi connectivity index (χ0v) is 13.8. The summed E-state index contributed by atoms with van der Waals surface area (Å²) in [6.45, 7) is 3.51. The van der Waals surface area contributed by atoms with Gasteiger partial charge in [-0.05, 0) is 18.9 Å². The number of carbonyl (C=O) groups is 1. The van der Waals surface area contributed by atoms with Gasteiger partial charge in [-0.1, -0.05) is 51.8 Å². The topological polar surface area (TPSA) is 44.1 Å². The van der Waals surface area contributed by atoms with Gasteiger partial charge < -0.3 is 4.90 Å². The van der Waals surface area contributed by atoms with E-state index in [0.717, 1.165) is 23.0 Å². The van der Waals surface area contributed by atoms with Crippen LogP contribution in [0.1, 0.15) is 37.7 Å². The van der Waals surface area contributed by atoms with Crippen molar-refractivity contribution in [3.63, 3.8) is 0 Å². The number of nitriles is 1. The molecule has 0 saturated carbocycles. The van der Waals surface area contributed by atoms with Gasteiger partial charge in [0.05, 0.1) is 12.6 Å². The number of hydrogen-bond acceptors (Lipinski definition) is 2. The highest BCUT2D eigenvalue weighted by Crippen LogP contribution is 2.27. The van der Waals surface area contributed by atoms with Crippen molar-refractivity contribution in [3.05, 3.63) is 46.0 Å². The minimum atomic E-state index is -0.0190. The Morgan fingerprint density at radius 2 is 2.14 bits per heavy atom. The van der Waals surface area contributed by atoms with E-state index in [0.29, 0.717) is 19.4 Å². The first kappa shape index (κ1) is 15.8. The summed E-state index contributed by atoms with van der Waals surface area (Å²) < 4.78 is 1.11. The molecule has 1 aliphatic heterocycles. The average molecular weight is 347 g/mol. The Bertz CT molecular complexity index is 574. The van der Waals surface area contributed by atoms with Crippen LogP contribution in [0.5, 0.6) is 0 Å². The normalized spacial score (nSPS) is 16.5. The summed E-state index contributed by atoms with van der Waals surface area (Å²) in [7, 11) is 0. The molecule has 4 heteroatoms. The lowest BCUT2D eigenvalue weighted by molar-refractivity contribution is -0.131. The van der Waals surface area contributed by atoms with Crippen molar-refractivity contribution >= 4 is 21.8 Å². The molecule has 0 saturated heterocycles. The zero-order chi connectivity index (χ0) is 15.2. The fraction of sp³-hybridized carbons (Fsp3) is 0.412. The Kier molecular flexibility index (Phi) is 5.58. The molecule has 1 aromatic carbocycles. The molecule has 1 amide bonds. The predicted octanol–water partition coefficient (Wildman–Crippen LogP) is 3.98. The molecule has 1 aliphatic rings. The molecule has 0 fully saturated rings. The number of rotatable bonds is 4. The van der Waals surface area contributed by atoms with Gasteiger partial charge in [0.1, 0.15) is 0 Å². The standard InChI is InChI=1S/C17H19BrN2O/c1-13-8-10-20(12-16(13)18)17(21)11-15(7-9-19)14-5-3-2-4-6-14/h2-6,15H,7-8,10-12H2,1H3/t15-/m1/s1. The van der Waals surface area contributed by atoms with E-state index >= 15 is 0 Å². The van der Waals surface area contributed by atoms with Gasteiger partial charge in [-0.3, -0.25) is 4.79 Å². The molecule has 0 spiro atoms. The van der Waals surface area contributed by atoms with Crippen LogP contribution >= 0.6 is 15.9 Å². The molecule has 2 rings (SSSR count). The molecule has 1 heterocycles. The van der Waals surface area contributed by atoms with Gasteiger partial charge in [-0.25, -0.2) is 0 Å². The minimum Gasteiger partial charge on any atom is -0.338 e. The largest absolute Gasteiger partial charge is 0.338 e. The Hall–Kier alpha value is -1.60. The van der Waals surface area contributed by atoms with Crippen LogP contribution in [0.3, 0.4) is 0 Å². The Labute approximate surface area is 134 Å². The van der Waals surface area contributed by atoms with Crippen molar-refractivity contribution in [1.82, 2.24) is 4.90 Å². The average Bonchev–Trinajstić information content (AvgIpc) is 2.50. The van der Waals surface area contributed by atoms with Crippen molar-refractivity contribution in [3.8, 4) is 6.07 Å². The third kappa shape index (κ3) is 4.18. The fourth-order valence-corrected chi connectivity index (χ4v) is 3.02. The molecule has 3 nitrogen and oxygen atoms in total. The van der Waals surface area contributed by atoms with E-state index in [1.165, 1.54) is 5.57 Å². The number of amides is 1. The molecule has 0 radical (unpaired) electrons. The molecule has 110 valence electrons. The van der Waals surface area contributed by atoms with Crippen molar-refractivity contribution in [2.24, 2.45) is 0 Å². The SMILES string of the molecule is CC1=C(Br)CN(C(=O)C[C@@H](CC#N)c2ccccc2)CC1. The summed E-state index contributed by atoms with van der Waals surface area (Å²) in [6.07, 6.45) is 1.69. The summed E-state index contributed by atoms with van der Waals surface area (Å²) in [5.41, 5.74) is 2.38. The van der Waals surface area contributed by atoms with Gasteiger partial charge >= 0.3 is 0 Å². The lowest BCUT2D eigenvalue weighted by Gasteiger charge is -2.29. The number of hydrogen-bond donors (Lipinski definition) is 0. The maximum absolute atomic E-state index is 12.5. The summed E-state index contributed by atoms with van der Waals surface area (Å²) in [6, 6.07) is 12.0. The molecule has 0 aliphatic carbocycles. The van der Waals surface area contributed by atoms with Crippen LogP contribution in [0.2, 0.25) is 0 Å². The fourth-order valence-electron chi connectivity index (χ4n) is 2.52. The summed E-state index contributed by atoms with van der Waals surface area (Å²) in [5, 5.41) is 9.01. The maximum Gasteiger partial charge on any atom is 0.223 e. The smallest absolute Gasteiger partial charge is 0.223 e. The van der Waals surface area contributed by atoms with Crippen LogP contribution in [-0.4, -0.2) is 23.9 Å². The molecular weight excluding hydrogens is 328 g/mol.